The quantitative estimate of drug-likeness (QED) is 0.282. The fraction of sp³-hybridized carbons (Fsp3) is 0. The van der Waals surface area contributed by atoms with Gasteiger partial charge in [0.15, 0.2) is 5.84 Å². The van der Waals surface area contributed by atoms with E-state index in [1.54, 1.807) is 30.5 Å². The number of nitriles is 1. The van der Waals surface area contributed by atoms with Crippen LogP contribution in [0.5, 0.6) is 5.75 Å². The normalized spacial score (nSPS) is 11.0. The monoisotopic (exact) mass is 254 g/mol. The highest BCUT2D eigenvalue weighted by Crippen LogP contribution is 2.31. The highest BCUT2D eigenvalue weighted by molar-refractivity contribution is 6.45. The third-order valence-corrected chi connectivity index (χ3v) is 2.40. The lowest BCUT2D eigenvalue weighted by molar-refractivity contribution is 0.478. The van der Waals surface area contributed by atoms with Gasteiger partial charge >= 0.3 is 0 Å². The first-order valence-corrected chi connectivity index (χ1v) is 5.28. The van der Waals surface area contributed by atoms with Gasteiger partial charge in [0.1, 0.15) is 17.5 Å². The van der Waals surface area contributed by atoms with E-state index in [2.05, 4.69) is 15.5 Å². The zero-order chi connectivity index (χ0) is 13.8. The minimum atomic E-state index is -0.451. The molecule has 0 saturated carbocycles. The standard InChI is InChI=1S/C12H10N6O/c13-6-9(12(14)15)17-18-11-7-2-1-5-16-8(7)3-4-10(11)19/h1-5,18-19H,(H3,14,15)/b17-9+. The van der Waals surface area contributed by atoms with Gasteiger partial charge in [-0.2, -0.15) is 10.4 Å². The molecule has 5 N–H and O–H groups in total. The summed E-state index contributed by atoms with van der Waals surface area (Å²) in [4.78, 5) is 4.13. The number of nitrogens with two attached hydrogens (primary N) is 1. The molecule has 7 nitrogen and oxygen atoms in total. The van der Waals surface area contributed by atoms with Crippen LogP contribution in [0.1, 0.15) is 0 Å². The molecule has 0 aliphatic rings. The molecule has 0 saturated heterocycles. The van der Waals surface area contributed by atoms with Crippen LogP contribution in [0, 0.1) is 16.7 Å². The lowest BCUT2D eigenvalue weighted by Gasteiger charge is -2.07. The summed E-state index contributed by atoms with van der Waals surface area (Å²) in [5, 5.41) is 30.0. The van der Waals surface area contributed by atoms with Crippen molar-refractivity contribution in [3.8, 4) is 11.8 Å². The average molecular weight is 254 g/mol. The Balaban J connectivity index is 2.49. The minimum absolute atomic E-state index is 0.0370. The van der Waals surface area contributed by atoms with Crippen molar-refractivity contribution >= 4 is 28.1 Å². The molecule has 94 valence electrons. The number of aromatic nitrogens is 1. The number of benzene rings is 1. The Kier molecular flexibility index (Phi) is 3.25. The molecule has 1 heterocycles. The minimum Gasteiger partial charge on any atom is -0.506 e. The maximum Gasteiger partial charge on any atom is 0.201 e. The van der Waals surface area contributed by atoms with E-state index in [9.17, 15) is 5.11 Å². The van der Waals surface area contributed by atoms with Crippen molar-refractivity contribution in [2.75, 3.05) is 5.43 Å². The van der Waals surface area contributed by atoms with Crippen molar-refractivity contribution in [3.63, 3.8) is 0 Å². The molecule has 7 heteroatoms. The number of hydrogen-bond donors (Lipinski definition) is 4. The molecule has 0 spiro atoms. The van der Waals surface area contributed by atoms with E-state index >= 15 is 0 Å². The summed E-state index contributed by atoms with van der Waals surface area (Å²) in [6.07, 6.45) is 1.63. The second-order valence-corrected chi connectivity index (χ2v) is 3.63. The summed E-state index contributed by atoms with van der Waals surface area (Å²) in [6.45, 7) is 0. The van der Waals surface area contributed by atoms with Crippen molar-refractivity contribution < 1.29 is 5.11 Å². The van der Waals surface area contributed by atoms with Gasteiger partial charge in [0.25, 0.3) is 0 Å². The number of aromatic hydroxyl groups is 1. The van der Waals surface area contributed by atoms with Gasteiger partial charge < -0.3 is 10.8 Å². The summed E-state index contributed by atoms with van der Waals surface area (Å²) in [6, 6.07) is 8.27. The number of nitrogens with zero attached hydrogens (tertiary/aromatic N) is 3. The number of nitrogens with one attached hydrogen (secondary N) is 2. The number of phenolic OH excluding ortho intramolecular Hbond substituents is 1. The van der Waals surface area contributed by atoms with Crippen LogP contribution in [0.3, 0.4) is 0 Å². The van der Waals surface area contributed by atoms with E-state index in [0.717, 1.165) is 0 Å². The van der Waals surface area contributed by atoms with Crippen LogP contribution in [0.15, 0.2) is 35.6 Å². The largest absolute Gasteiger partial charge is 0.506 e. The van der Waals surface area contributed by atoms with Crippen molar-refractivity contribution in [1.29, 1.82) is 10.7 Å². The molecule has 0 unspecified atom stereocenters. The summed E-state index contributed by atoms with van der Waals surface area (Å²) in [5.41, 5.74) is 8.43. The SMILES string of the molecule is N#C/C(=N\Nc1c(O)ccc2ncccc12)C(=N)N. The molecule has 0 radical (unpaired) electrons. The molecule has 0 aliphatic carbocycles. The van der Waals surface area contributed by atoms with Gasteiger partial charge in [-0.3, -0.25) is 15.8 Å². The van der Waals surface area contributed by atoms with E-state index in [4.69, 9.17) is 16.4 Å². The van der Waals surface area contributed by atoms with Crippen LogP contribution >= 0.6 is 0 Å². The average Bonchev–Trinajstić information content (AvgIpc) is 2.41. The molecule has 19 heavy (non-hydrogen) atoms. The van der Waals surface area contributed by atoms with E-state index < -0.39 is 5.84 Å². The zero-order valence-electron chi connectivity index (χ0n) is 9.75. The summed E-state index contributed by atoms with van der Waals surface area (Å²) in [5.74, 6) is -0.488. The van der Waals surface area contributed by atoms with Crippen molar-refractivity contribution in [1.82, 2.24) is 4.98 Å². The fourth-order valence-electron chi connectivity index (χ4n) is 1.52. The first kappa shape index (κ1) is 12.3. The zero-order valence-corrected chi connectivity index (χ0v) is 9.75. The molecule has 1 aromatic heterocycles. The Hall–Kier alpha value is -3.14. The third kappa shape index (κ3) is 2.42. The van der Waals surface area contributed by atoms with Crippen LogP contribution in [0.2, 0.25) is 0 Å². The van der Waals surface area contributed by atoms with Gasteiger partial charge in [-0.05, 0) is 24.3 Å². The van der Waals surface area contributed by atoms with Crippen LogP contribution in [0.25, 0.3) is 10.9 Å². The van der Waals surface area contributed by atoms with E-state index in [-0.39, 0.29) is 11.5 Å². The van der Waals surface area contributed by atoms with Gasteiger partial charge in [-0.15, -0.1) is 0 Å². The van der Waals surface area contributed by atoms with Crippen molar-refractivity contribution in [3.05, 3.63) is 30.5 Å². The van der Waals surface area contributed by atoms with Crippen LogP contribution in [-0.4, -0.2) is 21.6 Å². The van der Waals surface area contributed by atoms with Crippen LogP contribution in [-0.2, 0) is 0 Å². The number of amidine groups is 1. The van der Waals surface area contributed by atoms with Gasteiger partial charge in [0.2, 0.25) is 5.71 Å². The number of rotatable bonds is 3. The van der Waals surface area contributed by atoms with Crippen LogP contribution in [0.4, 0.5) is 5.69 Å². The highest BCUT2D eigenvalue weighted by Gasteiger charge is 2.08. The topological polar surface area (TPSA) is 131 Å². The highest BCUT2D eigenvalue weighted by atomic mass is 16.3. The predicted octanol–water partition coefficient (Wildman–Crippen LogP) is 1.17. The second-order valence-electron chi connectivity index (χ2n) is 3.63. The van der Waals surface area contributed by atoms with Crippen LogP contribution < -0.4 is 11.2 Å². The fourth-order valence-corrected chi connectivity index (χ4v) is 1.52. The predicted molar refractivity (Wildman–Crippen MR) is 72.0 cm³/mol. The first-order valence-electron chi connectivity index (χ1n) is 5.28. The Morgan fingerprint density at radius 1 is 1.47 bits per heavy atom. The van der Waals surface area contributed by atoms with Gasteiger partial charge in [-0.25, -0.2) is 0 Å². The third-order valence-electron chi connectivity index (χ3n) is 2.40. The lowest BCUT2D eigenvalue weighted by Crippen LogP contribution is -2.21. The summed E-state index contributed by atoms with van der Waals surface area (Å²) >= 11 is 0. The Labute approximate surface area is 108 Å². The Morgan fingerprint density at radius 2 is 2.26 bits per heavy atom. The van der Waals surface area contributed by atoms with Crippen molar-refractivity contribution in [2.24, 2.45) is 10.8 Å². The Bertz CT molecular complexity index is 716. The second kappa shape index (κ2) is 5.01. The Morgan fingerprint density at radius 3 is 2.95 bits per heavy atom. The van der Waals surface area contributed by atoms with Gasteiger partial charge in [0.05, 0.1) is 5.52 Å². The van der Waals surface area contributed by atoms with Gasteiger partial charge in [0, 0.05) is 11.6 Å². The van der Waals surface area contributed by atoms with E-state index in [0.29, 0.717) is 16.6 Å². The molecule has 0 atom stereocenters. The van der Waals surface area contributed by atoms with Gasteiger partial charge in [-0.1, -0.05) is 0 Å². The molecule has 2 rings (SSSR count). The summed E-state index contributed by atoms with van der Waals surface area (Å²) in [7, 11) is 0. The lowest BCUT2D eigenvalue weighted by atomic mass is 10.1. The molecule has 0 fully saturated rings. The molecule has 0 amide bonds. The maximum absolute atomic E-state index is 9.81. The number of phenols is 1. The number of hydrazone groups is 1. The first-order chi connectivity index (χ1) is 9.13. The van der Waals surface area contributed by atoms with E-state index in [1.807, 2.05) is 0 Å². The number of pyridine rings is 1. The molecule has 1 aromatic carbocycles. The van der Waals surface area contributed by atoms with E-state index in [1.165, 1.54) is 6.07 Å². The molecule has 0 aliphatic heterocycles. The maximum atomic E-state index is 9.81. The molecule has 0 bridgehead atoms. The summed E-state index contributed by atoms with van der Waals surface area (Å²) < 4.78 is 0. The van der Waals surface area contributed by atoms with Crippen molar-refractivity contribution in [2.45, 2.75) is 0 Å². The smallest absolute Gasteiger partial charge is 0.201 e. The molecular weight excluding hydrogens is 244 g/mol. The number of hydrogen-bond acceptors (Lipinski definition) is 6. The molecular formula is C12H10N6O. The molecule has 2 aromatic rings. The number of anilines is 1. The number of fused-ring (bicyclic) bond motifs is 1.